The molecular weight excluding hydrogens is 338 g/mol. The normalized spacial score (nSPS) is 21.0. The van der Waals surface area contributed by atoms with Gasteiger partial charge in [-0.2, -0.15) is 0 Å². The van der Waals surface area contributed by atoms with Crippen LogP contribution in [0, 0.1) is 5.92 Å². The van der Waals surface area contributed by atoms with Gasteiger partial charge in [0, 0.05) is 31.1 Å². The fourth-order valence-corrected chi connectivity index (χ4v) is 3.88. The lowest BCUT2D eigenvalue weighted by molar-refractivity contribution is -0.125. The summed E-state index contributed by atoms with van der Waals surface area (Å²) in [4.78, 5) is 15.0. The van der Waals surface area contributed by atoms with Crippen LogP contribution >= 0.6 is 0 Å². The van der Waals surface area contributed by atoms with E-state index in [-0.39, 0.29) is 11.9 Å². The minimum Gasteiger partial charge on any atom is -0.496 e. The number of para-hydroxylation sites is 1. The Morgan fingerprint density at radius 1 is 1.19 bits per heavy atom. The summed E-state index contributed by atoms with van der Waals surface area (Å²) in [6, 6.07) is 18.0. The molecule has 0 saturated carbocycles. The van der Waals surface area contributed by atoms with Gasteiger partial charge in [-0.3, -0.25) is 9.69 Å². The molecule has 3 N–H and O–H groups in total. The molecule has 5 heteroatoms. The van der Waals surface area contributed by atoms with Crippen LogP contribution < -0.4 is 15.8 Å². The molecule has 1 fully saturated rings. The molecule has 0 aromatic heterocycles. The van der Waals surface area contributed by atoms with E-state index >= 15 is 0 Å². The summed E-state index contributed by atoms with van der Waals surface area (Å²) in [5.41, 5.74) is 8.30. The Balaban J connectivity index is 1.61. The van der Waals surface area contributed by atoms with Gasteiger partial charge in [-0.05, 0) is 31.0 Å². The molecule has 3 rings (SSSR count). The minimum atomic E-state index is -0.192. The van der Waals surface area contributed by atoms with Crippen molar-refractivity contribution in [2.45, 2.75) is 25.4 Å². The molecule has 5 nitrogen and oxygen atoms in total. The zero-order valence-corrected chi connectivity index (χ0v) is 16.1. The van der Waals surface area contributed by atoms with Crippen LogP contribution in [-0.2, 0) is 11.3 Å². The highest BCUT2D eigenvalue weighted by Gasteiger charge is 2.36. The molecule has 1 heterocycles. The van der Waals surface area contributed by atoms with Crippen LogP contribution in [0.4, 0.5) is 0 Å². The number of nitrogens with two attached hydrogens (primary N) is 1. The van der Waals surface area contributed by atoms with E-state index in [0.29, 0.717) is 24.9 Å². The summed E-state index contributed by atoms with van der Waals surface area (Å²) in [5, 5.41) is 3.05. The molecule has 3 atom stereocenters. The summed E-state index contributed by atoms with van der Waals surface area (Å²) < 4.78 is 5.35. The van der Waals surface area contributed by atoms with E-state index in [1.54, 1.807) is 7.11 Å². The third-order valence-corrected chi connectivity index (χ3v) is 5.57. The Morgan fingerprint density at radius 2 is 1.89 bits per heavy atom. The number of carbonyl (C=O) groups excluding carboxylic acids is 1. The molecule has 27 heavy (non-hydrogen) atoms. The van der Waals surface area contributed by atoms with Gasteiger partial charge in [0.2, 0.25) is 5.91 Å². The molecule has 2 aromatic carbocycles. The largest absolute Gasteiger partial charge is 0.496 e. The van der Waals surface area contributed by atoms with Crippen LogP contribution in [-0.4, -0.2) is 43.6 Å². The maximum atomic E-state index is 12.7. The van der Waals surface area contributed by atoms with Crippen molar-refractivity contribution < 1.29 is 9.53 Å². The number of hydrogen-bond acceptors (Lipinski definition) is 4. The number of amides is 1. The highest BCUT2D eigenvalue weighted by Crippen LogP contribution is 2.33. The van der Waals surface area contributed by atoms with Crippen molar-refractivity contribution in [1.82, 2.24) is 10.2 Å². The van der Waals surface area contributed by atoms with Crippen molar-refractivity contribution >= 4 is 5.91 Å². The molecule has 1 aliphatic rings. The van der Waals surface area contributed by atoms with E-state index in [1.807, 2.05) is 37.3 Å². The summed E-state index contributed by atoms with van der Waals surface area (Å²) in [6.45, 7) is 4.77. The van der Waals surface area contributed by atoms with Gasteiger partial charge < -0.3 is 15.8 Å². The highest BCUT2D eigenvalue weighted by atomic mass is 16.5. The van der Waals surface area contributed by atoms with E-state index in [1.165, 1.54) is 5.56 Å². The monoisotopic (exact) mass is 367 g/mol. The second kappa shape index (κ2) is 9.02. The molecule has 0 bridgehead atoms. The lowest BCUT2D eigenvalue weighted by Crippen LogP contribution is -2.44. The van der Waals surface area contributed by atoms with Crippen LogP contribution in [0.1, 0.15) is 24.0 Å². The van der Waals surface area contributed by atoms with E-state index in [0.717, 1.165) is 24.4 Å². The Labute approximate surface area is 161 Å². The van der Waals surface area contributed by atoms with Crippen molar-refractivity contribution in [3.8, 4) is 5.75 Å². The van der Waals surface area contributed by atoms with Crippen LogP contribution in [0.25, 0.3) is 0 Å². The Hall–Kier alpha value is -2.37. The molecular formula is C22H29N3O2. The van der Waals surface area contributed by atoms with Gasteiger partial charge in [0.15, 0.2) is 0 Å². The number of nitrogens with one attached hydrogen (secondary N) is 1. The van der Waals surface area contributed by atoms with Crippen molar-refractivity contribution in [3.63, 3.8) is 0 Å². The van der Waals surface area contributed by atoms with Gasteiger partial charge in [0.05, 0.1) is 13.2 Å². The van der Waals surface area contributed by atoms with Gasteiger partial charge in [0.25, 0.3) is 0 Å². The summed E-state index contributed by atoms with van der Waals surface area (Å²) in [5.74, 6) is 1.57. The average Bonchev–Trinajstić information content (AvgIpc) is 3.16. The molecule has 144 valence electrons. The second-order valence-electron chi connectivity index (χ2n) is 7.17. The molecule has 0 aliphatic carbocycles. The van der Waals surface area contributed by atoms with E-state index in [9.17, 15) is 4.79 Å². The molecule has 1 aliphatic heterocycles. The third kappa shape index (κ3) is 4.49. The van der Waals surface area contributed by atoms with E-state index in [4.69, 9.17) is 10.5 Å². The lowest BCUT2D eigenvalue weighted by atomic mass is 9.89. The third-order valence-electron chi connectivity index (χ3n) is 5.57. The number of methoxy groups -OCH3 is 1. The van der Waals surface area contributed by atoms with Gasteiger partial charge in [-0.1, -0.05) is 48.5 Å². The molecule has 0 radical (unpaired) electrons. The summed E-state index contributed by atoms with van der Waals surface area (Å²) in [6.07, 6.45) is 0. The molecule has 2 aromatic rings. The van der Waals surface area contributed by atoms with Gasteiger partial charge in [-0.25, -0.2) is 0 Å². The Morgan fingerprint density at radius 3 is 2.59 bits per heavy atom. The molecule has 1 unspecified atom stereocenters. The van der Waals surface area contributed by atoms with Gasteiger partial charge in [-0.15, -0.1) is 0 Å². The standard InChI is InChI=1S/C22H29N3O2/c1-16(22(26)24-13-18-10-6-7-11-21(18)27-2)25-14-19(12-23)20(15-25)17-8-4-3-5-9-17/h3-11,16,19-20H,12-15,23H2,1-2H3,(H,24,26)/t16?,19-,20+/m1/s1. The van der Waals surface area contributed by atoms with E-state index in [2.05, 4.69) is 34.5 Å². The second-order valence-corrected chi connectivity index (χ2v) is 7.17. The fourth-order valence-electron chi connectivity index (χ4n) is 3.88. The quantitative estimate of drug-likeness (QED) is 0.788. The van der Waals surface area contributed by atoms with E-state index < -0.39 is 0 Å². The maximum Gasteiger partial charge on any atom is 0.237 e. The smallest absolute Gasteiger partial charge is 0.237 e. The zero-order chi connectivity index (χ0) is 19.2. The number of benzene rings is 2. The summed E-state index contributed by atoms with van der Waals surface area (Å²) >= 11 is 0. The van der Waals surface area contributed by atoms with Crippen LogP contribution in [0.2, 0.25) is 0 Å². The Bertz CT molecular complexity index is 750. The highest BCUT2D eigenvalue weighted by molar-refractivity contribution is 5.81. The number of ether oxygens (including phenoxy) is 1. The zero-order valence-electron chi connectivity index (χ0n) is 16.1. The van der Waals surface area contributed by atoms with Crippen LogP contribution in [0.15, 0.2) is 54.6 Å². The van der Waals surface area contributed by atoms with Crippen molar-refractivity contribution in [3.05, 3.63) is 65.7 Å². The first kappa shape index (κ1) is 19.4. The number of hydrogen-bond donors (Lipinski definition) is 2. The minimum absolute atomic E-state index is 0.0328. The molecule has 1 amide bonds. The predicted molar refractivity (Wildman–Crippen MR) is 108 cm³/mol. The van der Waals surface area contributed by atoms with Gasteiger partial charge >= 0.3 is 0 Å². The summed E-state index contributed by atoms with van der Waals surface area (Å²) in [7, 11) is 1.64. The predicted octanol–water partition coefficient (Wildman–Crippen LogP) is 2.37. The first-order chi connectivity index (χ1) is 13.1. The van der Waals surface area contributed by atoms with Crippen molar-refractivity contribution in [2.75, 3.05) is 26.7 Å². The van der Waals surface area contributed by atoms with Crippen LogP contribution in [0.3, 0.4) is 0 Å². The molecule has 0 spiro atoms. The van der Waals surface area contributed by atoms with Crippen molar-refractivity contribution in [1.29, 1.82) is 0 Å². The molecule has 1 saturated heterocycles. The first-order valence-electron chi connectivity index (χ1n) is 9.52. The lowest BCUT2D eigenvalue weighted by Gasteiger charge is -2.24. The number of rotatable bonds is 7. The first-order valence-corrected chi connectivity index (χ1v) is 9.52. The number of likely N-dealkylation sites (tertiary alicyclic amines) is 1. The van der Waals surface area contributed by atoms with Crippen molar-refractivity contribution in [2.24, 2.45) is 11.7 Å². The SMILES string of the molecule is COc1ccccc1CNC(=O)C(C)N1C[C@@H](CN)[C@H](c2ccccc2)C1. The number of carbonyl (C=O) groups is 1. The Kier molecular flexibility index (Phi) is 6.48. The van der Waals surface area contributed by atoms with Crippen LogP contribution in [0.5, 0.6) is 5.75 Å². The average molecular weight is 367 g/mol. The number of nitrogens with zero attached hydrogens (tertiary/aromatic N) is 1. The fraction of sp³-hybridized carbons (Fsp3) is 0.409. The topological polar surface area (TPSA) is 67.6 Å². The van der Waals surface area contributed by atoms with Gasteiger partial charge in [0.1, 0.15) is 5.75 Å². The maximum absolute atomic E-state index is 12.7.